The summed E-state index contributed by atoms with van der Waals surface area (Å²) in [7, 11) is 0. The molecule has 0 unspecified atom stereocenters. The van der Waals surface area contributed by atoms with Crippen LogP contribution < -0.4 is 0 Å². The Bertz CT molecular complexity index is 714. The van der Waals surface area contributed by atoms with Gasteiger partial charge >= 0.3 is 226 Å². The predicted molar refractivity (Wildman–Crippen MR) is 164 cm³/mol. The van der Waals surface area contributed by atoms with Crippen molar-refractivity contribution in [2.24, 2.45) is 0 Å². The van der Waals surface area contributed by atoms with Crippen LogP contribution in [0.3, 0.4) is 0 Å². The monoisotopic (exact) mass is 582 g/mol. The summed E-state index contributed by atoms with van der Waals surface area (Å²) in [6.07, 6.45) is 10.3. The molecule has 0 saturated heterocycles. The van der Waals surface area contributed by atoms with Gasteiger partial charge in [0.05, 0.1) is 0 Å². The van der Waals surface area contributed by atoms with Gasteiger partial charge < -0.3 is 0 Å². The first-order valence-electron chi connectivity index (χ1n) is 12.4. The van der Waals surface area contributed by atoms with Crippen LogP contribution in [0.15, 0.2) is 58.3 Å². The van der Waals surface area contributed by atoms with Crippen LogP contribution >= 0.6 is 47.0 Å². The minimum absolute atomic E-state index is 1.29. The van der Waals surface area contributed by atoms with Crippen LogP contribution in [0.5, 0.6) is 0 Å². The molecular formula is C28H44GeS4. The maximum atomic E-state index is 2.35. The molecule has 0 bridgehead atoms. The molecule has 0 fully saturated rings. The van der Waals surface area contributed by atoms with Crippen molar-refractivity contribution in [2.75, 3.05) is 35.5 Å². The standard InChI is InChI=1S/C28H44GeS4/c1-25-11-5-13-27(23-25)32-21-9-17-29(15-7-19-30-3,16-8-20-31-4)18-10-22-33-28-14-6-12-26(2)24-28/h5-6,11-14,23-24H,7-10,15-22H2,1-4H3. The van der Waals surface area contributed by atoms with E-state index < -0.39 is 13.3 Å². The zero-order valence-electron chi connectivity index (χ0n) is 21.2. The summed E-state index contributed by atoms with van der Waals surface area (Å²) in [5.74, 6) is 5.29. The molecule has 5 heteroatoms. The van der Waals surface area contributed by atoms with Crippen LogP contribution in [-0.2, 0) is 0 Å². The number of rotatable bonds is 18. The van der Waals surface area contributed by atoms with E-state index in [0.717, 1.165) is 0 Å². The second kappa shape index (κ2) is 17.8. The molecule has 33 heavy (non-hydrogen) atoms. The van der Waals surface area contributed by atoms with Crippen molar-refractivity contribution in [1.82, 2.24) is 0 Å². The van der Waals surface area contributed by atoms with Crippen LogP contribution in [0.1, 0.15) is 36.8 Å². The average molecular weight is 582 g/mol. The molecule has 2 aromatic carbocycles. The third-order valence-corrected chi connectivity index (χ3v) is 21.8. The number of hydrogen-bond acceptors (Lipinski definition) is 4. The van der Waals surface area contributed by atoms with Gasteiger partial charge in [-0.1, -0.05) is 0 Å². The van der Waals surface area contributed by atoms with Crippen molar-refractivity contribution >= 4 is 60.3 Å². The predicted octanol–water partition coefficient (Wildman–Crippen LogP) is 9.92. The molecule has 0 aliphatic heterocycles. The fourth-order valence-electron chi connectivity index (χ4n) is 4.62. The van der Waals surface area contributed by atoms with Crippen LogP contribution in [0, 0.1) is 13.8 Å². The molecule has 0 atom stereocenters. The fourth-order valence-corrected chi connectivity index (χ4v) is 20.5. The summed E-state index contributed by atoms with van der Waals surface area (Å²) in [6, 6.07) is 18.1. The third kappa shape index (κ3) is 12.8. The van der Waals surface area contributed by atoms with Crippen molar-refractivity contribution in [3.8, 4) is 0 Å². The molecule has 0 N–H and O–H groups in total. The minimum atomic E-state index is -1.84. The van der Waals surface area contributed by atoms with Gasteiger partial charge in [-0.15, -0.1) is 0 Å². The molecule has 0 aliphatic rings. The van der Waals surface area contributed by atoms with Crippen molar-refractivity contribution in [2.45, 2.75) is 70.3 Å². The zero-order chi connectivity index (χ0) is 23.8. The molecule has 184 valence electrons. The quantitative estimate of drug-likeness (QED) is 0.0976. The molecule has 0 saturated carbocycles. The van der Waals surface area contributed by atoms with E-state index >= 15 is 0 Å². The second-order valence-electron chi connectivity index (χ2n) is 9.23. The number of benzene rings is 2. The summed E-state index contributed by atoms with van der Waals surface area (Å²) in [6.45, 7) is 4.41. The Balaban J connectivity index is 1.93. The maximum absolute atomic E-state index is 2.35. The Hall–Kier alpha value is 0.383. The van der Waals surface area contributed by atoms with Gasteiger partial charge in [0.1, 0.15) is 0 Å². The van der Waals surface area contributed by atoms with E-state index in [4.69, 9.17) is 0 Å². The third-order valence-electron chi connectivity index (χ3n) is 6.33. The Labute approximate surface area is 224 Å². The van der Waals surface area contributed by atoms with Gasteiger partial charge in [0.25, 0.3) is 0 Å². The normalized spacial score (nSPS) is 11.8. The van der Waals surface area contributed by atoms with E-state index in [1.807, 2.05) is 23.5 Å². The average Bonchev–Trinajstić information content (AvgIpc) is 2.80. The van der Waals surface area contributed by atoms with Crippen LogP contribution in [0.2, 0.25) is 21.0 Å². The number of thioether (sulfide) groups is 4. The molecule has 0 amide bonds. The first-order chi connectivity index (χ1) is 16.1. The summed E-state index contributed by atoms with van der Waals surface area (Å²) in [4.78, 5) is 2.90. The molecule has 2 aromatic rings. The topological polar surface area (TPSA) is 0 Å². The molecule has 0 aromatic heterocycles. The summed E-state index contributed by atoms with van der Waals surface area (Å²) >= 11 is 6.40. The number of aryl methyl sites for hydroxylation is 2. The summed E-state index contributed by atoms with van der Waals surface area (Å²) < 4.78 is 0. The van der Waals surface area contributed by atoms with Crippen molar-refractivity contribution in [3.63, 3.8) is 0 Å². The van der Waals surface area contributed by atoms with E-state index in [1.165, 1.54) is 69.6 Å². The van der Waals surface area contributed by atoms with Gasteiger partial charge in [-0.3, -0.25) is 0 Å². The first kappa shape index (κ1) is 29.6. The molecule has 0 heterocycles. The first-order valence-corrected chi connectivity index (χ1v) is 23.1. The molecule has 0 aliphatic carbocycles. The Kier molecular flexibility index (Phi) is 15.9. The van der Waals surface area contributed by atoms with E-state index in [9.17, 15) is 0 Å². The molecule has 0 nitrogen and oxygen atoms in total. The zero-order valence-corrected chi connectivity index (χ0v) is 26.6. The van der Waals surface area contributed by atoms with Gasteiger partial charge in [0, 0.05) is 0 Å². The second-order valence-corrected chi connectivity index (χ2v) is 24.0. The van der Waals surface area contributed by atoms with Crippen molar-refractivity contribution < 1.29 is 0 Å². The fraction of sp³-hybridized carbons (Fsp3) is 0.571. The van der Waals surface area contributed by atoms with Gasteiger partial charge in [0.2, 0.25) is 0 Å². The van der Waals surface area contributed by atoms with E-state index in [2.05, 4.69) is 98.4 Å². The van der Waals surface area contributed by atoms with Crippen molar-refractivity contribution in [1.29, 1.82) is 0 Å². The molecular weight excluding hydrogens is 537 g/mol. The van der Waals surface area contributed by atoms with Gasteiger partial charge in [-0.2, -0.15) is 0 Å². The van der Waals surface area contributed by atoms with E-state index in [0.29, 0.717) is 0 Å². The van der Waals surface area contributed by atoms with Gasteiger partial charge in [-0.05, 0) is 0 Å². The van der Waals surface area contributed by atoms with Crippen LogP contribution in [0.25, 0.3) is 0 Å². The van der Waals surface area contributed by atoms with E-state index in [-0.39, 0.29) is 0 Å². The van der Waals surface area contributed by atoms with Crippen LogP contribution in [-0.4, -0.2) is 48.8 Å². The van der Waals surface area contributed by atoms with E-state index in [1.54, 1.807) is 21.0 Å². The SMILES string of the molecule is CSCC[CH2][Ge]([CH2]CCSC)([CH2]CCSc1cccc(C)c1)[CH2]CCSc1cccc(C)c1. The van der Waals surface area contributed by atoms with Crippen LogP contribution in [0.4, 0.5) is 0 Å². The molecule has 2 rings (SSSR count). The molecule has 0 radical (unpaired) electrons. The summed E-state index contributed by atoms with van der Waals surface area (Å²) in [5.41, 5.74) is 2.76. The van der Waals surface area contributed by atoms with Gasteiger partial charge in [-0.25, -0.2) is 0 Å². The Morgan fingerprint density at radius 3 is 1.33 bits per heavy atom. The number of hydrogen-bond donors (Lipinski definition) is 0. The Morgan fingerprint density at radius 1 is 0.576 bits per heavy atom. The summed E-state index contributed by atoms with van der Waals surface area (Å²) in [5, 5.41) is 6.35. The van der Waals surface area contributed by atoms with Crippen molar-refractivity contribution in [3.05, 3.63) is 59.7 Å². The molecule has 0 spiro atoms. The van der Waals surface area contributed by atoms with Gasteiger partial charge in [0.15, 0.2) is 0 Å². The Morgan fingerprint density at radius 2 is 0.970 bits per heavy atom.